The molecular formula is C10H15N3O6. The van der Waals surface area contributed by atoms with Crippen molar-refractivity contribution < 1.29 is 24.8 Å². The van der Waals surface area contributed by atoms with Crippen molar-refractivity contribution in [2.24, 2.45) is 0 Å². The maximum Gasteiger partial charge on any atom is 0.351 e. The highest BCUT2D eigenvalue weighted by atomic mass is 16.6. The van der Waals surface area contributed by atoms with E-state index >= 15 is 0 Å². The molecule has 0 amide bonds. The minimum atomic E-state index is -1.37. The molecule has 0 aromatic carbocycles. The van der Waals surface area contributed by atoms with Crippen molar-refractivity contribution >= 4 is 5.82 Å². The molecule has 0 radical (unpaired) electrons. The molecule has 9 heteroatoms. The zero-order valence-corrected chi connectivity index (χ0v) is 10.1. The van der Waals surface area contributed by atoms with Crippen molar-refractivity contribution in [3.63, 3.8) is 0 Å². The van der Waals surface area contributed by atoms with Crippen LogP contribution in [-0.4, -0.2) is 56.9 Å². The number of hydrogen-bond acceptors (Lipinski definition) is 8. The average Bonchev–Trinajstić information content (AvgIpc) is 2.67. The molecule has 1 aliphatic rings. The van der Waals surface area contributed by atoms with Crippen LogP contribution in [0.3, 0.4) is 0 Å². The monoisotopic (exact) mass is 273 g/mol. The number of anilines is 1. The van der Waals surface area contributed by atoms with Crippen molar-refractivity contribution in [1.82, 2.24) is 9.55 Å². The molecule has 1 aromatic heterocycles. The molecule has 1 aliphatic heterocycles. The maximum absolute atomic E-state index is 11.7. The van der Waals surface area contributed by atoms with Crippen LogP contribution in [-0.2, 0) is 4.74 Å². The fourth-order valence-electron chi connectivity index (χ4n) is 1.91. The molecule has 0 saturated carbocycles. The highest BCUT2D eigenvalue weighted by Crippen LogP contribution is 2.29. The molecule has 106 valence electrons. The Balaban J connectivity index is 2.40. The van der Waals surface area contributed by atoms with Crippen molar-refractivity contribution in [2.75, 3.05) is 19.5 Å². The van der Waals surface area contributed by atoms with Crippen LogP contribution >= 0.6 is 0 Å². The number of aliphatic hydroxyl groups excluding tert-OH is 3. The summed E-state index contributed by atoms with van der Waals surface area (Å²) in [6.45, 7) is -0.483. The fraction of sp³-hybridized carbons (Fsp3) is 0.600. The minimum Gasteiger partial charge on any atom is -0.491 e. The van der Waals surface area contributed by atoms with Crippen LogP contribution in [0.2, 0.25) is 0 Å². The molecule has 5 N–H and O–H groups in total. The van der Waals surface area contributed by atoms with Gasteiger partial charge in [0, 0.05) is 0 Å². The fourth-order valence-corrected chi connectivity index (χ4v) is 1.91. The second kappa shape index (κ2) is 5.13. The van der Waals surface area contributed by atoms with Crippen molar-refractivity contribution in [3.05, 3.63) is 16.7 Å². The second-order valence-corrected chi connectivity index (χ2v) is 4.11. The normalized spacial score (nSPS) is 30.5. The van der Waals surface area contributed by atoms with Crippen molar-refractivity contribution in [3.8, 4) is 5.75 Å². The number of methoxy groups -OCH3 is 1. The van der Waals surface area contributed by atoms with E-state index in [4.69, 9.17) is 20.3 Å². The molecule has 2 rings (SSSR count). The third-order valence-corrected chi connectivity index (χ3v) is 2.96. The molecular weight excluding hydrogens is 258 g/mol. The van der Waals surface area contributed by atoms with Gasteiger partial charge in [0.1, 0.15) is 18.3 Å². The van der Waals surface area contributed by atoms with Crippen LogP contribution in [0.15, 0.2) is 11.0 Å². The van der Waals surface area contributed by atoms with Crippen molar-refractivity contribution in [1.29, 1.82) is 0 Å². The van der Waals surface area contributed by atoms with Gasteiger partial charge in [-0.1, -0.05) is 0 Å². The lowest BCUT2D eigenvalue weighted by Crippen LogP contribution is -2.36. The first-order valence-electron chi connectivity index (χ1n) is 5.54. The molecule has 4 atom stereocenters. The molecule has 1 saturated heterocycles. The molecule has 2 heterocycles. The van der Waals surface area contributed by atoms with E-state index in [0.29, 0.717) is 0 Å². The highest BCUT2D eigenvalue weighted by molar-refractivity contribution is 5.43. The number of nitrogens with zero attached hydrogens (tertiary/aromatic N) is 2. The number of rotatable bonds is 3. The first-order valence-corrected chi connectivity index (χ1v) is 5.54. The first-order chi connectivity index (χ1) is 8.99. The van der Waals surface area contributed by atoms with Gasteiger partial charge in [-0.15, -0.1) is 0 Å². The van der Waals surface area contributed by atoms with E-state index in [2.05, 4.69) is 4.98 Å². The van der Waals surface area contributed by atoms with Crippen molar-refractivity contribution in [2.45, 2.75) is 24.5 Å². The van der Waals surface area contributed by atoms with Gasteiger partial charge in [0.15, 0.2) is 17.8 Å². The zero-order chi connectivity index (χ0) is 14.2. The zero-order valence-electron chi connectivity index (χ0n) is 10.1. The quantitative estimate of drug-likeness (QED) is 0.471. The van der Waals surface area contributed by atoms with Gasteiger partial charge in [-0.3, -0.25) is 4.57 Å². The number of nitrogens with two attached hydrogens (primary N) is 1. The Labute approximate surface area is 107 Å². The number of hydrogen-bond donors (Lipinski definition) is 4. The Hall–Kier alpha value is -1.68. The lowest BCUT2D eigenvalue weighted by molar-refractivity contribution is -0.0551. The molecule has 0 unspecified atom stereocenters. The summed E-state index contributed by atoms with van der Waals surface area (Å²) in [6.07, 6.45) is -3.59. The highest BCUT2D eigenvalue weighted by Gasteiger charge is 2.43. The maximum atomic E-state index is 11.7. The number of ether oxygens (including phenoxy) is 2. The van der Waals surface area contributed by atoms with Gasteiger partial charge in [-0.05, 0) is 0 Å². The number of aromatic nitrogens is 2. The molecule has 0 spiro atoms. The van der Waals surface area contributed by atoms with Gasteiger partial charge in [0.2, 0.25) is 0 Å². The summed E-state index contributed by atoms with van der Waals surface area (Å²) >= 11 is 0. The van der Waals surface area contributed by atoms with E-state index in [9.17, 15) is 15.0 Å². The molecule has 19 heavy (non-hydrogen) atoms. The van der Waals surface area contributed by atoms with Crippen LogP contribution in [0.25, 0.3) is 0 Å². The first kappa shape index (κ1) is 13.7. The van der Waals surface area contributed by atoms with Crippen LogP contribution in [0.4, 0.5) is 5.82 Å². The summed E-state index contributed by atoms with van der Waals surface area (Å²) < 4.78 is 11.1. The average molecular weight is 273 g/mol. The molecule has 0 bridgehead atoms. The summed E-state index contributed by atoms with van der Waals surface area (Å²) in [6, 6.07) is 0. The predicted molar refractivity (Wildman–Crippen MR) is 62.5 cm³/mol. The van der Waals surface area contributed by atoms with Gasteiger partial charge in [-0.25, -0.2) is 4.79 Å². The van der Waals surface area contributed by atoms with E-state index in [-0.39, 0.29) is 11.6 Å². The lowest BCUT2D eigenvalue weighted by atomic mass is 10.1. The smallest absolute Gasteiger partial charge is 0.351 e. The molecule has 0 aliphatic carbocycles. The van der Waals surface area contributed by atoms with Crippen LogP contribution in [0.5, 0.6) is 5.75 Å². The Morgan fingerprint density at radius 1 is 1.53 bits per heavy atom. The summed E-state index contributed by atoms with van der Waals surface area (Å²) in [4.78, 5) is 15.2. The topological polar surface area (TPSA) is 140 Å². The summed E-state index contributed by atoms with van der Waals surface area (Å²) in [5.74, 6) is 0.0489. The van der Waals surface area contributed by atoms with E-state index in [1.165, 1.54) is 13.3 Å². The van der Waals surface area contributed by atoms with Crippen LogP contribution in [0, 0.1) is 0 Å². The van der Waals surface area contributed by atoms with Gasteiger partial charge >= 0.3 is 5.69 Å². The van der Waals surface area contributed by atoms with E-state index in [1.54, 1.807) is 0 Å². The van der Waals surface area contributed by atoms with Gasteiger partial charge < -0.3 is 30.5 Å². The van der Waals surface area contributed by atoms with E-state index < -0.39 is 36.8 Å². The largest absolute Gasteiger partial charge is 0.491 e. The van der Waals surface area contributed by atoms with Gasteiger partial charge in [-0.2, -0.15) is 4.98 Å². The third kappa shape index (κ3) is 2.28. The predicted octanol–water partition coefficient (Wildman–Crippen LogP) is -2.55. The van der Waals surface area contributed by atoms with Gasteiger partial charge in [0.05, 0.1) is 19.9 Å². The minimum absolute atomic E-state index is 0.0875. The Bertz CT molecular complexity index is 518. The third-order valence-electron chi connectivity index (χ3n) is 2.96. The SMILES string of the molecule is COc1cn([C@@H]2O[C@H](CO)[C@@H](O)[C@@H]2O)c(=O)nc1N. The summed E-state index contributed by atoms with van der Waals surface area (Å²) in [5, 5.41) is 28.4. The summed E-state index contributed by atoms with van der Waals surface area (Å²) in [5.41, 5.74) is 4.72. The number of aliphatic hydroxyl groups is 3. The standard InChI is InChI=1S/C10H15N3O6/c1-18-4-2-13(10(17)12-8(4)11)9-7(16)6(15)5(3-14)19-9/h2,5-7,9,14-16H,3H2,1H3,(H2,11,12,17)/t5-,6-,7+,9-/m1/s1. The Morgan fingerprint density at radius 3 is 2.74 bits per heavy atom. The number of nitrogen functional groups attached to an aromatic ring is 1. The molecule has 1 aromatic rings. The van der Waals surface area contributed by atoms with Crippen LogP contribution in [0.1, 0.15) is 6.23 Å². The Kier molecular flexibility index (Phi) is 3.71. The van der Waals surface area contributed by atoms with E-state index in [1.807, 2.05) is 0 Å². The summed E-state index contributed by atoms with van der Waals surface area (Å²) in [7, 11) is 1.35. The molecule has 1 fully saturated rings. The molecule has 9 nitrogen and oxygen atoms in total. The van der Waals surface area contributed by atoms with Crippen LogP contribution < -0.4 is 16.2 Å². The lowest BCUT2D eigenvalue weighted by Gasteiger charge is -2.18. The van der Waals surface area contributed by atoms with E-state index in [0.717, 1.165) is 4.57 Å². The second-order valence-electron chi connectivity index (χ2n) is 4.11. The Morgan fingerprint density at radius 2 is 2.21 bits per heavy atom. The van der Waals surface area contributed by atoms with Gasteiger partial charge in [0.25, 0.3) is 0 Å².